The molecule has 4 rings (SSSR count). The van der Waals surface area contributed by atoms with Gasteiger partial charge in [-0.25, -0.2) is 19.9 Å². The van der Waals surface area contributed by atoms with Gasteiger partial charge in [0.2, 0.25) is 11.8 Å². The van der Waals surface area contributed by atoms with Crippen molar-refractivity contribution in [2.75, 3.05) is 32.2 Å². The van der Waals surface area contributed by atoms with E-state index < -0.39 is 11.6 Å². The molecule has 11 nitrogen and oxygen atoms in total. The molecule has 12 heteroatoms. The summed E-state index contributed by atoms with van der Waals surface area (Å²) in [4.78, 5) is 15.7. The van der Waals surface area contributed by atoms with Crippen LogP contribution >= 0.6 is 11.6 Å². The molecule has 2 aliphatic heterocycles. The summed E-state index contributed by atoms with van der Waals surface area (Å²) in [6, 6.07) is 0. The summed E-state index contributed by atoms with van der Waals surface area (Å²) in [5.41, 5.74) is 5.41. The number of hydrogen-bond acceptors (Lipinski definition) is 11. The van der Waals surface area contributed by atoms with Crippen LogP contribution in [0.2, 0.25) is 5.15 Å². The standard InChI is InChI=1S/C10H13ClN2O3.C10H15N3O3/c2*1-10(2)15-6-7(16-10)5-14-9-4-12-8(11)3-13-9/h3-4,7H,5-6H2,1-2H3;3-4,7H,5-6H2,1-2H3,(H2,11,12)/t2*7-/m11/s1. The summed E-state index contributed by atoms with van der Waals surface area (Å²) in [6.07, 6.45) is 5.69. The quantitative estimate of drug-likeness (QED) is 0.667. The van der Waals surface area contributed by atoms with Gasteiger partial charge in [0, 0.05) is 0 Å². The van der Waals surface area contributed by atoms with E-state index in [0.29, 0.717) is 49.2 Å². The Hall–Kier alpha value is -2.31. The van der Waals surface area contributed by atoms with Crippen LogP contribution in [-0.4, -0.2) is 70.1 Å². The van der Waals surface area contributed by atoms with Crippen LogP contribution in [-0.2, 0) is 18.9 Å². The number of nitrogens with two attached hydrogens (primary N) is 1. The topological polar surface area (TPSA) is 133 Å². The molecule has 4 heterocycles. The van der Waals surface area contributed by atoms with Crippen molar-refractivity contribution in [3.05, 3.63) is 29.9 Å². The molecule has 0 aliphatic carbocycles. The van der Waals surface area contributed by atoms with Crippen molar-refractivity contribution in [2.45, 2.75) is 51.5 Å². The Labute approximate surface area is 191 Å². The zero-order valence-corrected chi connectivity index (χ0v) is 19.2. The molecule has 32 heavy (non-hydrogen) atoms. The highest BCUT2D eigenvalue weighted by Gasteiger charge is 2.33. The zero-order valence-electron chi connectivity index (χ0n) is 18.5. The van der Waals surface area contributed by atoms with Crippen LogP contribution in [0.3, 0.4) is 0 Å². The number of ether oxygens (including phenoxy) is 6. The second kappa shape index (κ2) is 10.5. The lowest BCUT2D eigenvalue weighted by Gasteiger charge is -2.17. The molecule has 2 fully saturated rings. The van der Waals surface area contributed by atoms with Crippen molar-refractivity contribution < 1.29 is 28.4 Å². The van der Waals surface area contributed by atoms with Gasteiger partial charge >= 0.3 is 0 Å². The molecular formula is C20H28ClN5O6. The van der Waals surface area contributed by atoms with Crippen molar-refractivity contribution in [1.82, 2.24) is 19.9 Å². The molecule has 0 amide bonds. The van der Waals surface area contributed by atoms with Crippen LogP contribution in [0, 0.1) is 0 Å². The van der Waals surface area contributed by atoms with Crippen LogP contribution in [0.25, 0.3) is 0 Å². The average molecular weight is 470 g/mol. The van der Waals surface area contributed by atoms with Crippen LogP contribution in [0.15, 0.2) is 24.8 Å². The summed E-state index contributed by atoms with van der Waals surface area (Å²) in [7, 11) is 0. The van der Waals surface area contributed by atoms with Crippen molar-refractivity contribution in [3.63, 3.8) is 0 Å². The van der Waals surface area contributed by atoms with E-state index in [9.17, 15) is 0 Å². The van der Waals surface area contributed by atoms with Gasteiger partial charge in [-0.05, 0) is 27.7 Å². The summed E-state index contributed by atoms with van der Waals surface area (Å²) in [5.74, 6) is 0.176. The van der Waals surface area contributed by atoms with Gasteiger partial charge in [0.1, 0.15) is 36.4 Å². The smallest absolute Gasteiger partial charge is 0.232 e. The first-order chi connectivity index (χ1) is 15.1. The minimum absolute atomic E-state index is 0.0747. The Morgan fingerprint density at radius 3 is 1.72 bits per heavy atom. The SMILES string of the molecule is CC1(C)OC[C@@H](COc2cnc(Cl)cn2)O1.CC1(C)OC[C@@H](COc2cnc(N)cn2)O1. The Balaban J connectivity index is 0.000000181. The maximum absolute atomic E-state index is 5.60. The molecule has 2 aromatic rings. The predicted octanol–water partition coefficient (Wildman–Crippen LogP) is 2.25. The summed E-state index contributed by atoms with van der Waals surface area (Å²) in [6.45, 7) is 9.31. The van der Waals surface area contributed by atoms with Gasteiger partial charge in [-0.1, -0.05) is 11.6 Å². The van der Waals surface area contributed by atoms with Crippen molar-refractivity contribution in [1.29, 1.82) is 0 Å². The molecule has 2 saturated heterocycles. The fourth-order valence-electron chi connectivity index (χ4n) is 2.82. The lowest BCUT2D eigenvalue weighted by molar-refractivity contribution is -0.142. The number of rotatable bonds is 6. The molecular weight excluding hydrogens is 442 g/mol. The second-order valence-electron chi connectivity index (χ2n) is 7.98. The highest BCUT2D eigenvalue weighted by molar-refractivity contribution is 6.29. The van der Waals surface area contributed by atoms with Gasteiger partial charge in [-0.3, -0.25) is 0 Å². The number of hydrogen-bond donors (Lipinski definition) is 1. The normalized spacial score (nSPS) is 23.3. The highest BCUT2D eigenvalue weighted by Crippen LogP contribution is 2.23. The van der Waals surface area contributed by atoms with Crippen molar-refractivity contribution in [3.8, 4) is 11.8 Å². The van der Waals surface area contributed by atoms with Crippen LogP contribution in [0.5, 0.6) is 11.8 Å². The minimum Gasteiger partial charge on any atom is -0.474 e. The van der Waals surface area contributed by atoms with E-state index in [-0.39, 0.29) is 12.2 Å². The Morgan fingerprint density at radius 1 is 0.844 bits per heavy atom. The Bertz CT molecular complexity index is 781. The van der Waals surface area contributed by atoms with Gasteiger partial charge in [-0.15, -0.1) is 0 Å². The average Bonchev–Trinajstić information content (AvgIpc) is 3.28. The van der Waals surface area contributed by atoms with Crippen LogP contribution in [0.1, 0.15) is 27.7 Å². The second-order valence-corrected chi connectivity index (χ2v) is 8.37. The van der Waals surface area contributed by atoms with Crippen LogP contribution in [0.4, 0.5) is 5.82 Å². The Kier molecular flexibility index (Phi) is 8.01. The van der Waals surface area contributed by atoms with Gasteiger partial charge in [-0.2, -0.15) is 0 Å². The highest BCUT2D eigenvalue weighted by atomic mass is 35.5. The first-order valence-electron chi connectivity index (χ1n) is 10.0. The van der Waals surface area contributed by atoms with E-state index in [4.69, 9.17) is 45.8 Å². The van der Waals surface area contributed by atoms with Crippen LogP contribution < -0.4 is 15.2 Å². The van der Waals surface area contributed by atoms with Gasteiger partial charge < -0.3 is 34.2 Å². The summed E-state index contributed by atoms with van der Waals surface area (Å²) >= 11 is 5.60. The molecule has 0 saturated carbocycles. The molecule has 176 valence electrons. The van der Waals surface area contributed by atoms with E-state index >= 15 is 0 Å². The monoisotopic (exact) mass is 469 g/mol. The largest absolute Gasteiger partial charge is 0.474 e. The molecule has 0 bridgehead atoms. The van der Waals surface area contributed by atoms with E-state index in [1.165, 1.54) is 24.8 Å². The van der Waals surface area contributed by atoms with E-state index in [0.717, 1.165) is 0 Å². The fraction of sp³-hybridized carbons (Fsp3) is 0.600. The molecule has 0 aromatic carbocycles. The minimum atomic E-state index is -0.528. The number of nitrogens with zero attached hydrogens (tertiary/aromatic N) is 4. The lowest BCUT2D eigenvalue weighted by atomic mass is 10.4. The number of anilines is 1. The molecule has 2 aliphatic rings. The maximum Gasteiger partial charge on any atom is 0.232 e. The van der Waals surface area contributed by atoms with Gasteiger partial charge in [0.25, 0.3) is 0 Å². The molecule has 0 spiro atoms. The summed E-state index contributed by atoms with van der Waals surface area (Å²) < 4.78 is 32.8. The lowest BCUT2D eigenvalue weighted by Crippen LogP contribution is -2.25. The van der Waals surface area contributed by atoms with E-state index in [1.807, 2.05) is 27.7 Å². The molecule has 2 N–H and O–H groups in total. The number of aromatic nitrogens is 4. The van der Waals surface area contributed by atoms with Gasteiger partial charge in [0.05, 0.1) is 38.0 Å². The number of nitrogen functional groups attached to an aromatic ring is 1. The first-order valence-corrected chi connectivity index (χ1v) is 10.4. The number of halogens is 1. The van der Waals surface area contributed by atoms with E-state index in [1.54, 1.807) is 0 Å². The molecule has 2 atom stereocenters. The fourth-order valence-corrected chi connectivity index (χ4v) is 2.92. The molecule has 0 radical (unpaired) electrons. The third-order valence-corrected chi connectivity index (χ3v) is 4.41. The molecule has 2 aromatic heterocycles. The Morgan fingerprint density at radius 2 is 1.34 bits per heavy atom. The van der Waals surface area contributed by atoms with Crippen molar-refractivity contribution >= 4 is 17.4 Å². The third kappa shape index (κ3) is 7.99. The molecule has 0 unspecified atom stereocenters. The first kappa shape index (κ1) is 24.3. The zero-order chi connectivity index (χ0) is 23.2. The van der Waals surface area contributed by atoms with Crippen molar-refractivity contribution in [2.24, 2.45) is 0 Å². The van der Waals surface area contributed by atoms with E-state index in [2.05, 4.69) is 19.9 Å². The third-order valence-electron chi connectivity index (χ3n) is 4.21. The van der Waals surface area contributed by atoms with Gasteiger partial charge in [0.15, 0.2) is 11.6 Å². The summed E-state index contributed by atoms with van der Waals surface area (Å²) in [5, 5.41) is 0.342. The predicted molar refractivity (Wildman–Crippen MR) is 114 cm³/mol. The maximum atomic E-state index is 5.60.